The summed E-state index contributed by atoms with van der Waals surface area (Å²) >= 11 is 3.40. The minimum atomic E-state index is 0.0893. The number of nitrogens with one attached hydrogen (secondary N) is 1. The Kier molecular flexibility index (Phi) is 6.22. The zero-order chi connectivity index (χ0) is 12.7. The molecule has 0 bridgehead atoms. The van der Waals surface area contributed by atoms with Crippen molar-refractivity contribution in [3.63, 3.8) is 0 Å². The molecule has 1 aromatic rings. The summed E-state index contributed by atoms with van der Waals surface area (Å²) < 4.78 is 1.07. The zero-order valence-electron chi connectivity index (χ0n) is 10.4. The molecule has 1 N–H and O–H groups in total. The lowest BCUT2D eigenvalue weighted by Gasteiger charge is -2.16. The van der Waals surface area contributed by atoms with Gasteiger partial charge in [0.2, 0.25) is 5.91 Å². The lowest BCUT2D eigenvalue weighted by Crippen LogP contribution is -2.35. The van der Waals surface area contributed by atoms with Gasteiger partial charge in [-0.25, -0.2) is 0 Å². The Balaban J connectivity index is 2.36. The molecular formula is C13H19BrN2O. The summed E-state index contributed by atoms with van der Waals surface area (Å²) in [6.07, 6.45) is 0.974. The summed E-state index contributed by atoms with van der Waals surface area (Å²) in [5.41, 5.74) is 1.21. The molecule has 0 radical (unpaired) electrons. The average Bonchev–Trinajstić information content (AvgIpc) is 2.29. The van der Waals surface area contributed by atoms with E-state index in [1.807, 2.05) is 31.0 Å². The molecule has 1 aromatic carbocycles. The van der Waals surface area contributed by atoms with Crippen LogP contribution in [0.5, 0.6) is 0 Å². The van der Waals surface area contributed by atoms with Crippen molar-refractivity contribution in [2.24, 2.45) is 0 Å². The van der Waals surface area contributed by atoms with E-state index >= 15 is 0 Å². The number of carbonyl (C=O) groups excluding carboxylic acids is 1. The fraction of sp³-hybridized carbons (Fsp3) is 0.462. The van der Waals surface area contributed by atoms with Gasteiger partial charge in [0.25, 0.3) is 0 Å². The molecule has 0 spiro atoms. The lowest BCUT2D eigenvalue weighted by atomic mass is 10.2. The fourth-order valence-corrected chi connectivity index (χ4v) is 1.79. The van der Waals surface area contributed by atoms with Crippen molar-refractivity contribution < 1.29 is 4.79 Å². The van der Waals surface area contributed by atoms with Crippen LogP contribution in [0, 0.1) is 0 Å². The van der Waals surface area contributed by atoms with Gasteiger partial charge in [0.15, 0.2) is 0 Å². The molecule has 1 rings (SSSR count). The quantitative estimate of drug-likeness (QED) is 0.875. The summed E-state index contributed by atoms with van der Waals surface area (Å²) in [4.78, 5) is 13.5. The van der Waals surface area contributed by atoms with Crippen molar-refractivity contribution in [2.45, 2.75) is 19.9 Å². The van der Waals surface area contributed by atoms with Gasteiger partial charge in [-0.2, -0.15) is 0 Å². The number of nitrogens with zero attached hydrogens (tertiary/aromatic N) is 1. The molecule has 17 heavy (non-hydrogen) atoms. The molecule has 0 atom stereocenters. The Bertz CT molecular complexity index is 351. The topological polar surface area (TPSA) is 32.3 Å². The van der Waals surface area contributed by atoms with Gasteiger partial charge in [0, 0.05) is 17.6 Å². The molecular weight excluding hydrogens is 280 g/mol. The summed E-state index contributed by atoms with van der Waals surface area (Å²) in [5, 5.41) is 2.87. The van der Waals surface area contributed by atoms with Gasteiger partial charge in [-0.15, -0.1) is 0 Å². The van der Waals surface area contributed by atoms with Crippen molar-refractivity contribution >= 4 is 21.8 Å². The molecule has 1 amide bonds. The molecule has 0 aromatic heterocycles. The molecule has 0 aliphatic carbocycles. The number of halogens is 1. The van der Waals surface area contributed by atoms with Crippen LogP contribution >= 0.6 is 15.9 Å². The van der Waals surface area contributed by atoms with Crippen LogP contribution in [-0.2, 0) is 11.3 Å². The van der Waals surface area contributed by atoms with Crippen LogP contribution in [0.15, 0.2) is 28.7 Å². The van der Waals surface area contributed by atoms with Crippen LogP contribution in [0.2, 0.25) is 0 Å². The van der Waals surface area contributed by atoms with E-state index in [4.69, 9.17) is 0 Å². The largest absolute Gasteiger partial charge is 0.355 e. The first-order valence-corrected chi connectivity index (χ1v) is 6.60. The van der Waals surface area contributed by atoms with Crippen LogP contribution in [0.3, 0.4) is 0 Å². The van der Waals surface area contributed by atoms with Crippen LogP contribution in [0.1, 0.15) is 18.9 Å². The Hall–Kier alpha value is -0.870. The molecule has 4 heteroatoms. The van der Waals surface area contributed by atoms with Crippen LogP contribution in [-0.4, -0.2) is 30.9 Å². The second-order valence-corrected chi connectivity index (χ2v) is 5.06. The predicted octanol–water partition coefficient (Wildman–Crippen LogP) is 2.41. The monoisotopic (exact) mass is 298 g/mol. The standard InChI is InChI=1S/C13H19BrN2O/c1-3-8-15-13(17)10-16(2)9-11-4-6-12(14)7-5-11/h4-7H,3,8-10H2,1-2H3,(H,15,17). The van der Waals surface area contributed by atoms with E-state index in [9.17, 15) is 4.79 Å². The SMILES string of the molecule is CCCNC(=O)CN(C)Cc1ccc(Br)cc1. The first-order valence-electron chi connectivity index (χ1n) is 5.81. The predicted molar refractivity (Wildman–Crippen MR) is 73.8 cm³/mol. The number of likely N-dealkylation sites (N-methyl/N-ethyl adjacent to an activating group) is 1. The van der Waals surface area contributed by atoms with Gasteiger partial charge in [0.05, 0.1) is 6.54 Å². The Morgan fingerprint density at radius 1 is 1.35 bits per heavy atom. The van der Waals surface area contributed by atoms with Crippen molar-refractivity contribution in [2.75, 3.05) is 20.1 Å². The molecule has 94 valence electrons. The summed E-state index contributed by atoms with van der Waals surface area (Å²) in [5.74, 6) is 0.0893. The molecule has 0 unspecified atom stereocenters. The van der Waals surface area contributed by atoms with Crippen LogP contribution in [0.4, 0.5) is 0 Å². The number of rotatable bonds is 6. The third-order valence-electron chi connectivity index (χ3n) is 2.35. The molecule has 0 fully saturated rings. The number of hydrogen-bond acceptors (Lipinski definition) is 2. The van der Waals surface area contributed by atoms with Crippen molar-refractivity contribution in [1.29, 1.82) is 0 Å². The third-order valence-corrected chi connectivity index (χ3v) is 2.88. The Morgan fingerprint density at radius 3 is 2.59 bits per heavy atom. The van der Waals surface area contributed by atoms with Crippen molar-refractivity contribution in [1.82, 2.24) is 10.2 Å². The average molecular weight is 299 g/mol. The van der Waals surface area contributed by atoms with Crippen molar-refractivity contribution in [3.05, 3.63) is 34.3 Å². The molecule has 0 aliphatic rings. The Morgan fingerprint density at radius 2 is 2.00 bits per heavy atom. The van der Waals surface area contributed by atoms with E-state index in [2.05, 4.69) is 33.4 Å². The lowest BCUT2D eigenvalue weighted by molar-refractivity contribution is -0.122. The summed E-state index contributed by atoms with van der Waals surface area (Å²) in [7, 11) is 1.95. The Labute approximate surface area is 111 Å². The van der Waals surface area contributed by atoms with E-state index in [-0.39, 0.29) is 5.91 Å². The second kappa shape index (κ2) is 7.45. The molecule has 0 saturated heterocycles. The van der Waals surface area contributed by atoms with Gasteiger partial charge < -0.3 is 5.32 Å². The maximum Gasteiger partial charge on any atom is 0.234 e. The first-order chi connectivity index (χ1) is 8.11. The highest BCUT2D eigenvalue weighted by atomic mass is 79.9. The highest BCUT2D eigenvalue weighted by Gasteiger charge is 2.06. The third kappa shape index (κ3) is 5.84. The normalized spacial score (nSPS) is 10.6. The molecule has 0 heterocycles. The number of hydrogen-bond donors (Lipinski definition) is 1. The van der Waals surface area contributed by atoms with Gasteiger partial charge in [0.1, 0.15) is 0 Å². The van der Waals surface area contributed by atoms with Crippen LogP contribution < -0.4 is 5.32 Å². The molecule has 3 nitrogen and oxygen atoms in total. The van der Waals surface area contributed by atoms with Crippen LogP contribution in [0.25, 0.3) is 0 Å². The smallest absolute Gasteiger partial charge is 0.234 e. The number of benzene rings is 1. The maximum absolute atomic E-state index is 11.5. The van der Waals surface area contributed by atoms with E-state index in [1.165, 1.54) is 5.56 Å². The van der Waals surface area contributed by atoms with Gasteiger partial charge in [-0.3, -0.25) is 9.69 Å². The number of amides is 1. The molecule has 0 saturated carbocycles. The highest BCUT2D eigenvalue weighted by Crippen LogP contribution is 2.11. The minimum Gasteiger partial charge on any atom is -0.355 e. The highest BCUT2D eigenvalue weighted by molar-refractivity contribution is 9.10. The van der Waals surface area contributed by atoms with Gasteiger partial charge >= 0.3 is 0 Å². The minimum absolute atomic E-state index is 0.0893. The van der Waals surface area contributed by atoms with Crippen molar-refractivity contribution in [3.8, 4) is 0 Å². The van der Waals surface area contributed by atoms with E-state index in [0.717, 1.165) is 24.0 Å². The summed E-state index contributed by atoms with van der Waals surface area (Å²) in [6, 6.07) is 8.15. The summed E-state index contributed by atoms with van der Waals surface area (Å²) in [6.45, 7) is 4.03. The van der Waals surface area contributed by atoms with E-state index in [1.54, 1.807) is 0 Å². The second-order valence-electron chi connectivity index (χ2n) is 4.15. The van der Waals surface area contributed by atoms with Gasteiger partial charge in [-0.1, -0.05) is 35.0 Å². The zero-order valence-corrected chi connectivity index (χ0v) is 12.0. The number of carbonyl (C=O) groups is 1. The van der Waals surface area contributed by atoms with E-state index in [0.29, 0.717) is 6.54 Å². The molecule has 0 aliphatic heterocycles. The van der Waals surface area contributed by atoms with Gasteiger partial charge in [-0.05, 0) is 31.2 Å². The first kappa shape index (κ1) is 14.2. The fourth-order valence-electron chi connectivity index (χ4n) is 1.52. The van der Waals surface area contributed by atoms with E-state index < -0.39 is 0 Å². The maximum atomic E-state index is 11.5.